The fourth-order valence-corrected chi connectivity index (χ4v) is 1.88. The first-order valence-corrected chi connectivity index (χ1v) is 5.89. The highest BCUT2D eigenvalue weighted by atomic mass is 16.5. The molecule has 3 nitrogen and oxygen atoms in total. The second-order valence-corrected chi connectivity index (χ2v) is 3.84. The van der Waals surface area contributed by atoms with Gasteiger partial charge >= 0.3 is 5.97 Å². The second kappa shape index (κ2) is 5.53. The Morgan fingerprint density at radius 2 is 2.29 bits per heavy atom. The monoisotopic (exact) mass is 232 g/mol. The summed E-state index contributed by atoms with van der Waals surface area (Å²) in [6, 6.07) is 5.62. The molecular weight excluding hydrogens is 216 g/mol. The van der Waals surface area contributed by atoms with Gasteiger partial charge in [0.1, 0.15) is 17.9 Å². The zero-order valence-electron chi connectivity index (χ0n) is 9.94. The van der Waals surface area contributed by atoms with Crippen LogP contribution in [0.3, 0.4) is 0 Å². The Morgan fingerprint density at radius 3 is 3.12 bits per heavy atom. The molecule has 0 saturated heterocycles. The predicted octanol–water partition coefficient (Wildman–Crippen LogP) is 2.74. The number of carbonyl (C=O) groups is 1. The molecule has 0 aliphatic carbocycles. The smallest absolute Gasteiger partial charge is 0.341 e. The molecule has 2 rings (SSSR count). The van der Waals surface area contributed by atoms with Crippen molar-refractivity contribution < 1.29 is 14.3 Å². The van der Waals surface area contributed by atoms with Crippen LogP contribution in [-0.4, -0.2) is 19.2 Å². The highest BCUT2D eigenvalue weighted by Crippen LogP contribution is 2.27. The largest absolute Gasteiger partial charge is 0.488 e. The summed E-state index contributed by atoms with van der Waals surface area (Å²) >= 11 is 0. The van der Waals surface area contributed by atoms with Crippen molar-refractivity contribution in [2.24, 2.45) is 0 Å². The van der Waals surface area contributed by atoms with Crippen molar-refractivity contribution in [2.45, 2.75) is 19.8 Å². The van der Waals surface area contributed by atoms with Crippen molar-refractivity contribution in [3.05, 3.63) is 41.5 Å². The van der Waals surface area contributed by atoms with Crippen LogP contribution < -0.4 is 4.74 Å². The lowest BCUT2D eigenvalue weighted by molar-refractivity contribution is 0.0522. The van der Waals surface area contributed by atoms with Crippen molar-refractivity contribution in [3.8, 4) is 5.75 Å². The Kier molecular flexibility index (Phi) is 3.81. The third-order valence-corrected chi connectivity index (χ3v) is 2.66. The summed E-state index contributed by atoms with van der Waals surface area (Å²) in [5.74, 6) is 0.365. The molecule has 1 aliphatic rings. The van der Waals surface area contributed by atoms with Crippen LogP contribution in [0.25, 0.3) is 0 Å². The lowest BCUT2D eigenvalue weighted by atomic mass is 10.0. The van der Waals surface area contributed by atoms with Gasteiger partial charge in [-0.05, 0) is 31.4 Å². The van der Waals surface area contributed by atoms with Gasteiger partial charge in [-0.15, -0.1) is 0 Å². The van der Waals surface area contributed by atoms with Gasteiger partial charge in [-0.3, -0.25) is 0 Å². The van der Waals surface area contributed by atoms with Gasteiger partial charge in [0.25, 0.3) is 0 Å². The second-order valence-electron chi connectivity index (χ2n) is 3.84. The van der Waals surface area contributed by atoms with Crippen LogP contribution in [0, 0.1) is 0 Å². The molecule has 1 aliphatic heterocycles. The predicted molar refractivity (Wildman–Crippen MR) is 65.4 cm³/mol. The van der Waals surface area contributed by atoms with E-state index in [1.54, 1.807) is 13.0 Å². The van der Waals surface area contributed by atoms with Crippen molar-refractivity contribution in [1.82, 2.24) is 0 Å². The van der Waals surface area contributed by atoms with E-state index in [0.717, 1.165) is 18.4 Å². The van der Waals surface area contributed by atoms with E-state index in [0.29, 0.717) is 24.5 Å². The molecule has 0 aromatic heterocycles. The van der Waals surface area contributed by atoms with Crippen molar-refractivity contribution in [3.63, 3.8) is 0 Å². The first-order valence-electron chi connectivity index (χ1n) is 5.89. The maximum Gasteiger partial charge on any atom is 0.341 e. The third kappa shape index (κ3) is 2.67. The zero-order valence-corrected chi connectivity index (χ0v) is 9.94. The summed E-state index contributed by atoms with van der Waals surface area (Å²) in [5, 5.41) is 0. The average molecular weight is 232 g/mol. The van der Waals surface area contributed by atoms with Crippen LogP contribution in [0.4, 0.5) is 0 Å². The lowest BCUT2D eigenvalue weighted by Gasteiger charge is -2.15. The quantitative estimate of drug-likeness (QED) is 0.581. The Balaban J connectivity index is 2.34. The van der Waals surface area contributed by atoms with E-state index in [9.17, 15) is 4.79 Å². The average Bonchev–Trinajstić information content (AvgIpc) is 2.29. The van der Waals surface area contributed by atoms with Crippen molar-refractivity contribution in [1.29, 1.82) is 0 Å². The van der Waals surface area contributed by atoms with Crippen LogP contribution in [0.15, 0.2) is 30.4 Å². The Hall–Kier alpha value is -1.77. The molecule has 90 valence electrons. The molecule has 1 aromatic carbocycles. The molecule has 1 aromatic rings. The molecule has 0 radical (unpaired) electrons. The van der Waals surface area contributed by atoms with Gasteiger partial charge in [0.2, 0.25) is 0 Å². The summed E-state index contributed by atoms with van der Waals surface area (Å²) in [6.07, 6.45) is 5.94. The highest BCUT2D eigenvalue weighted by molar-refractivity contribution is 5.93. The SMILES string of the molecule is CCOC(=O)c1cccc2c1OC/C=C\CC2. The van der Waals surface area contributed by atoms with E-state index in [1.165, 1.54) is 0 Å². The number of rotatable bonds is 2. The van der Waals surface area contributed by atoms with Gasteiger partial charge in [-0.2, -0.15) is 0 Å². The number of hydrogen-bond donors (Lipinski definition) is 0. The third-order valence-electron chi connectivity index (χ3n) is 2.66. The molecule has 0 unspecified atom stereocenters. The molecule has 17 heavy (non-hydrogen) atoms. The van der Waals surface area contributed by atoms with Crippen LogP contribution in [0.2, 0.25) is 0 Å². The minimum absolute atomic E-state index is 0.311. The maximum atomic E-state index is 11.8. The van der Waals surface area contributed by atoms with Crippen LogP contribution >= 0.6 is 0 Å². The van der Waals surface area contributed by atoms with Gasteiger partial charge in [0, 0.05) is 0 Å². The minimum Gasteiger partial charge on any atom is -0.488 e. The van der Waals surface area contributed by atoms with E-state index in [2.05, 4.69) is 6.08 Å². The number of allylic oxidation sites excluding steroid dienone is 1. The number of hydrogen-bond acceptors (Lipinski definition) is 3. The number of carbonyl (C=O) groups excluding carboxylic acids is 1. The highest BCUT2D eigenvalue weighted by Gasteiger charge is 2.17. The van der Waals surface area contributed by atoms with Gasteiger partial charge in [-0.25, -0.2) is 4.79 Å². The molecule has 0 saturated carbocycles. The summed E-state index contributed by atoms with van der Waals surface area (Å²) in [4.78, 5) is 11.8. The van der Waals surface area contributed by atoms with Gasteiger partial charge in [0.15, 0.2) is 0 Å². The molecule has 3 heteroatoms. The fourth-order valence-electron chi connectivity index (χ4n) is 1.88. The van der Waals surface area contributed by atoms with Crippen molar-refractivity contribution in [2.75, 3.05) is 13.2 Å². The normalized spacial score (nSPS) is 16.1. The minimum atomic E-state index is -0.311. The van der Waals surface area contributed by atoms with E-state index in [1.807, 2.05) is 18.2 Å². The lowest BCUT2D eigenvalue weighted by Crippen LogP contribution is -2.10. The summed E-state index contributed by atoms with van der Waals surface area (Å²) in [5.41, 5.74) is 1.60. The van der Waals surface area contributed by atoms with Gasteiger partial charge in [-0.1, -0.05) is 24.3 Å². The Bertz CT molecular complexity index is 435. The Labute approximate surface area is 101 Å². The van der Waals surface area contributed by atoms with Crippen LogP contribution in [0.1, 0.15) is 29.3 Å². The van der Waals surface area contributed by atoms with E-state index < -0.39 is 0 Å². The summed E-state index contributed by atoms with van der Waals surface area (Å²) in [6.45, 7) is 2.68. The standard InChI is InChI=1S/C14H16O3/c1-2-16-14(15)12-9-6-8-11-7-4-3-5-10-17-13(11)12/h3,5-6,8-9H,2,4,7,10H2,1H3/b5-3-. The maximum absolute atomic E-state index is 11.8. The molecule has 1 heterocycles. The van der Waals surface area contributed by atoms with E-state index >= 15 is 0 Å². The fraction of sp³-hybridized carbons (Fsp3) is 0.357. The Morgan fingerprint density at radius 1 is 1.41 bits per heavy atom. The molecule has 0 bridgehead atoms. The van der Waals surface area contributed by atoms with Crippen LogP contribution in [-0.2, 0) is 11.2 Å². The number of esters is 1. The van der Waals surface area contributed by atoms with Gasteiger partial charge in [0.05, 0.1) is 6.61 Å². The molecule has 0 spiro atoms. The number of para-hydroxylation sites is 1. The molecule has 0 N–H and O–H groups in total. The number of aryl methyl sites for hydroxylation is 1. The first kappa shape index (κ1) is 11.7. The number of benzene rings is 1. The van der Waals surface area contributed by atoms with Crippen LogP contribution in [0.5, 0.6) is 5.75 Å². The van der Waals surface area contributed by atoms with E-state index in [-0.39, 0.29) is 5.97 Å². The van der Waals surface area contributed by atoms with Crippen molar-refractivity contribution >= 4 is 5.97 Å². The summed E-state index contributed by atoms with van der Waals surface area (Å²) in [7, 11) is 0. The molecule has 0 atom stereocenters. The summed E-state index contributed by atoms with van der Waals surface area (Å²) < 4.78 is 10.7. The molecule has 0 amide bonds. The number of ether oxygens (including phenoxy) is 2. The zero-order chi connectivity index (χ0) is 12.1. The molecular formula is C14H16O3. The van der Waals surface area contributed by atoms with Gasteiger partial charge < -0.3 is 9.47 Å². The first-order chi connectivity index (χ1) is 8.33. The molecule has 0 fully saturated rings. The van der Waals surface area contributed by atoms with E-state index in [4.69, 9.17) is 9.47 Å². The topological polar surface area (TPSA) is 35.5 Å². The number of fused-ring (bicyclic) bond motifs is 1.